The van der Waals surface area contributed by atoms with Crippen molar-refractivity contribution in [3.63, 3.8) is 0 Å². The topological polar surface area (TPSA) is 95.6 Å². The third kappa shape index (κ3) is 4.18. The van der Waals surface area contributed by atoms with E-state index in [1.54, 1.807) is 18.3 Å². The molecule has 2 N–H and O–H groups in total. The molecule has 3 aromatic rings. The molecule has 0 spiro atoms. The van der Waals surface area contributed by atoms with Crippen LogP contribution in [0.25, 0.3) is 11.4 Å². The first-order chi connectivity index (χ1) is 14.8. The van der Waals surface area contributed by atoms with Gasteiger partial charge in [-0.05, 0) is 31.4 Å². The van der Waals surface area contributed by atoms with E-state index < -0.39 is 0 Å². The summed E-state index contributed by atoms with van der Waals surface area (Å²) in [7, 11) is 0. The van der Waals surface area contributed by atoms with Crippen molar-refractivity contribution < 1.29 is 4.79 Å². The van der Waals surface area contributed by atoms with Crippen LogP contribution in [0.15, 0.2) is 48.7 Å². The molecule has 1 aliphatic rings. The quantitative estimate of drug-likeness (QED) is 0.619. The zero-order valence-corrected chi connectivity index (χ0v) is 16.8. The summed E-state index contributed by atoms with van der Waals surface area (Å²) in [5.74, 6) is 1.23. The second-order valence-electron chi connectivity index (χ2n) is 7.25. The van der Waals surface area contributed by atoms with Crippen LogP contribution < -0.4 is 10.6 Å². The molecule has 2 aromatic heterocycles. The van der Waals surface area contributed by atoms with Crippen LogP contribution in [0.4, 0.5) is 5.82 Å². The van der Waals surface area contributed by atoms with Gasteiger partial charge in [0.15, 0.2) is 0 Å². The largest absolute Gasteiger partial charge is 0.367 e. The summed E-state index contributed by atoms with van der Waals surface area (Å²) in [4.78, 5) is 21.8. The molecule has 152 valence electrons. The number of carbonyl (C=O) groups is 1. The molecule has 4 rings (SSSR count). The molecule has 0 radical (unpaired) electrons. The number of nitriles is 1. The van der Waals surface area contributed by atoms with Crippen molar-refractivity contribution in [1.29, 1.82) is 5.26 Å². The second kappa shape index (κ2) is 9.23. The van der Waals surface area contributed by atoms with Crippen molar-refractivity contribution in [2.45, 2.75) is 32.2 Å². The highest BCUT2D eigenvalue weighted by atomic mass is 16.1. The fourth-order valence-corrected chi connectivity index (χ4v) is 3.79. The molecule has 30 heavy (non-hydrogen) atoms. The Labute approximate surface area is 175 Å². The van der Waals surface area contributed by atoms with Gasteiger partial charge in [0.1, 0.15) is 23.4 Å². The average Bonchev–Trinajstić information content (AvgIpc) is 2.98. The lowest BCUT2D eigenvalue weighted by atomic mass is 10.1. The number of aromatic nitrogens is 3. The average molecular weight is 400 g/mol. The van der Waals surface area contributed by atoms with Crippen molar-refractivity contribution in [2.75, 3.05) is 18.4 Å². The summed E-state index contributed by atoms with van der Waals surface area (Å²) in [5.41, 5.74) is 3.05. The van der Waals surface area contributed by atoms with Gasteiger partial charge in [0.25, 0.3) is 5.91 Å². The van der Waals surface area contributed by atoms with Crippen LogP contribution in [0, 0.1) is 11.3 Å². The molecule has 7 nitrogen and oxygen atoms in total. The minimum Gasteiger partial charge on any atom is -0.367 e. The summed E-state index contributed by atoms with van der Waals surface area (Å²) in [6.07, 6.45) is 5.82. The molecule has 0 atom stereocenters. The Hall–Kier alpha value is -3.66. The molecule has 1 amide bonds. The van der Waals surface area contributed by atoms with Gasteiger partial charge >= 0.3 is 0 Å². The summed E-state index contributed by atoms with van der Waals surface area (Å²) in [6.45, 7) is 1.77. The molecular formula is C23H24N6O. The van der Waals surface area contributed by atoms with E-state index in [9.17, 15) is 4.79 Å². The minimum atomic E-state index is -0.161. The van der Waals surface area contributed by atoms with Gasteiger partial charge in [0, 0.05) is 31.4 Å². The van der Waals surface area contributed by atoms with E-state index in [2.05, 4.69) is 26.3 Å². The Morgan fingerprint density at radius 2 is 1.97 bits per heavy atom. The van der Waals surface area contributed by atoms with Crippen LogP contribution in [0.3, 0.4) is 0 Å². The number of rotatable bonds is 6. The normalized spacial score (nSPS) is 13.0. The fourth-order valence-electron chi connectivity index (χ4n) is 3.79. The molecule has 3 heterocycles. The molecule has 0 saturated heterocycles. The lowest BCUT2D eigenvalue weighted by molar-refractivity contribution is 0.0949. The maximum Gasteiger partial charge on any atom is 0.271 e. The van der Waals surface area contributed by atoms with Gasteiger partial charge in [-0.25, -0.2) is 9.97 Å². The highest BCUT2D eigenvalue weighted by molar-refractivity contribution is 5.94. The number of amides is 1. The summed E-state index contributed by atoms with van der Waals surface area (Å²) in [5, 5.41) is 15.2. The first kappa shape index (κ1) is 19.6. The molecule has 1 aromatic carbocycles. The standard InChI is InChI=1S/C23H24N6O/c24-16-18-10-7-12-25-21(18)26-13-14-27-23(30)20-19-11-5-2-6-15-29(19)22(28-20)17-8-3-1-4-9-17/h1,3-4,7-10,12H,2,5-6,11,13-15H2,(H,25,26)(H,27,30). The third-order valence-electron chi connectivity index (χ3n) is 5.25. The van der Waals surface area contributed by atoms with Crippen LogP contribution in [-0.4, -0.2) is 33.5 Å². The highest BCUT2D eigenvalue weighted by Gasteiger charge is 2.24. The SMILES string of the molecule is N#Cc1cccnc1NCCNC(=O)c1nc(-c2ccccc2)n2c1CCCCC2. The number of fused-ring (bicyclic) bond motifs is 1. The molecule has 0 aliphatic carbocycles. The highest BCUT2D eigenvalue weighted by Crippen LogP contribution is 2.27. The van der Waals surface area contributed by atoms with Crippen molar-refractivity contribution in [3.05, 3.63) is 65.6 Å². The van der Waals surface area contributed by atoms with E-state index in [0.717, 1.165) is 49.3 Å². The van der Waals surface area contributed by atoms with Gasteiger partial charge < -0.3 is 15.2 Å². The van der Waals surface area contributed by atoms with E-state index >= 15 is 0 Å². The molecule has 1 aliphatic heterocycles. The molecular weight excluding hydrogens is 376 g/mol. The van der Waals surface area contributed by atoms with E-state index in [0.29, 0.717) is 30.2 Å². The summed E-state index contributed by atoms with van der Waals surface area (Å²) >= 11 is 0. The third-order valence-corrected chi connectivity index (χ3v) is 5.25. The number of pyridine rings is 1. The van der Waals surface area contributed by atoms with E-state index in [1.807, 2.05) is 30.3 Å². The number of carbonyl (C=O) groups excluding carboxylic acids is 1. The van der Waals surface area contributed by atoms with Gasteiger partial charge in [-0.1, -0.05) is 36.8 Å². The zero-order chi connectivity index (χ0) is 20.8. The fraction of sp³-hybridized carbons (Fsp3) is 0.304. The van der Waals surface area contributed by atoms with Crippen LogP contribution >= 0.6 is 0 Å². The summed E-state index contributed by atoms with van der Waals surface area (Å²) in [6, 6.07) is 15.6. The second-order valence-corrected chi connectivity index (χ2v) is 7.25. The first-order valence-corrected chi connectivity index (χ1v) is 10.3. The Kier molecular flexibility index (Phi) is 6.04. The number of benzene rings is 1. The van der Waals surface area contributed by atoms with Crippen molar-refractivity contribution >= 4 is 11.7 Å². The Morgan fingerprint density at radius 1 is 1.10 bits per heavy atom. The number of nitrogens with one attached hydrogen (secondary N) is 2. The van der Waals surface area contributed by atoms with Crippen LogP contribution in [0.1, 0.15) is 41.0 Å². The molecule has 7 heteroatoms. The summed E-state index contributed by atoms with van der Waals surface area (Å²) < 4.78 is 2.21. The minimum absolute atomic E-state index is 0.161. The number of hydrogen-bond acceptors (Lipinski definition) is 5. The molecule has 0 fully saturated rings. The van der Waals surface area contributed by atoms with E-state index in [4.69, 9.17) is 10.2 Å². The Balaban J connectivity index is 1.47. The molecule has 0 unspecified atom stereocenters. The first-order valence-electron chi connectivity index (χ1n) is 10.3. The Morgan fingerprint density at radius 3 is 2.80 bits per heavy atom. The van der Waals surface area contributed by atoms with Crippen LogP contribution in [0.2, 0.25) is 0 Å². The number of imidazole rings is 1. The zero-order valence-electron chi connectivity index (χ0n) is 16.8. The number of hydrogen-bond donors (Lipinski definition) is 2. The van der Waals surface area contributed by atoms with Crippen LogP contribution in [0.5, 0.6) is 0 Å². The van der Waals surface area contributed by atoms with E-state index in [-0.39, 0.29) is 5.91 Å². The lowest BCUT2D eigenvalue weighted by Gasteiger charge is -2.09. The Bertz CT molecular complexity index is 1070. The van der Waals surface area contributed by atoms with Crippen molar-refractivity contribution in [3.8, 4) is 17.5 Å². The predicted molar refractivity (Wildman–Crippen MR) is 115 cm³/mol. The molecule has 0 bridgehead atoms. The van der Waals surface area contributed by atoms with Gasteiger partial charge in [-0.3, -0.25) is 4.79 Å². The van der Waals surface area contributed by atoms with Gasteiger partial charge in [0.2, 0.25) is 0 Å². The van der Waals surface area contributed by atoms with E-state index in [1.165, 1.54) is 0 Å². The lowest BCUT2D eigenvalue weighted by Crippen LogP contribution is -2.30. The predicted octanol–water partition coefficient (Wildman–Crippen LogP) is 3.39. The maximum atomic E-state index is 12.9. The van der Waals surface area contributed by atoms with Crippen molar-refractivity contribution in [2.24, 2.45) is 0 Å². The molecule has 0 saturated carbocycles. The van der Waals surface area contributed by atoms with Crippen LogP contribution in [-0.2, 0) is 13.0 Å². The van der Waals surface area contributed by atoms with Gasteiger partial charge in [-0.2, -0.15) is 5.26 Å². The van der Waals surface area contributed by atoms with Crippen molar-refractivity contribution in [1.82, 2.24) is 19.9 Å². The van der Waals surface area contributed by atoms with Gasteiger partial charge in [-0.15, -0.1) is 0 Å². The maximum absolute atomic E-state index is 12.9. The monoisotopic (exact) mass is 400 g/mol. The smallest absolute Gasteiger partial charge is 0.271 e. The number of anilines is 1. The number of nitrogens with zero attached hydrogens (tertiary/aromatic N) is 4. The van der Waals surface area contributed by atoms with Gasteiger partial charge in [0.05, 0.1) is 11.3 Å².